The Morgan fingerprint density at radius 3 is 1.21 bits per heavy atom. The number of fused-ring (bicyclic) bond motifs is 12. The predicted octanol–water partition coefficient (Wildman–Crippen LogP) is 18.3. The monoisotopic (exact) mass is 1970 g/mol. The third-order valence-corrected chi connectivity index (χ3v) is 39.0. The quantitative estimate of drug-likeness (QED) is 0.119. The van der Waals surface area contributed by atoms with Crippen molar-refractivity contribution >= 4 is 105 Å². The fourth-order valence-corrected chi connectivity index (χ4v) is 27.8. The number of amides is 3. The van der Waals surface area contributed by atoms with E-state index in [1.165, 1.54) is 33.4 Å². The molecule has 4 N–H and O–H groups in total. The summed E-state index contributed by atoms with van der Waals surface area (Å²) >= 11 is 19.2. The Balaban J connectivity index is 0.000000154. The highest BCUT2D eigenvalue weighted by Crippen LogP contribution is 2.54. The number of anilines is 3. The number of benzene rings is 6. The number of hydrogen-bond acceptors (Lipinski definition) is 20. The molecule has 6 aromatic carbocycles. The van der Waals surface area contributed by atoms with Crippen molar-refractivity contribution in [1.29, 1.82) is 0 Å². The Morgan fingerprint density at radius 1 is 0.459 bits per heavy atom. The number of ketones is 1. The molecule has 6 aromatic rings. The van der Waals surface area contributed by atoms with Crippen LogP contribution in [0.15, 0.2) is 146 Å². The van der Waals surface area contributed by atoms with E-state index in [9.17, 15) is 49.5 Å². The number of nitrogens with zero attached hydrogens (tertiary/aromatic N) is 4. The maximum atomic E-state index is 13.6. The number of halogens is 3. The molecule has 3 spiro atoms. The molecule has 3 saturated carbocycles. The van der Waals surface area contributed by atoms with Crippen molar-refractivity contribution in [3.63, 3.8) is 0 Å². The van der Waals surface area contributed by atoms with Gasteiger partial charge in [0.05, 0.1) is 83.7 Å². The van der Waals surface area contributed by atoms with Gasteiger partial charge in [0.15, 0.2) is 5.78 Å². The highest BCUT2D eigenvalue weighted by atomic mass is 35.5. The first kappa shape index (κ1) is 101. The zero-order valence-electron chi connectivity index (χ0n) is 77.8. The minimum absolute atomic E-state index is 0. The van der Waals surface area contributed by atoms with E-state index in [-0.39, 0.29) is 95.4 Å². The highest BCUT2D eigenvalue weighted by Gasteiger charge is 2.52. The van der Waals surface area contributed by atoms with E-state index in [1.807, 2.05) is 70.2 Å². The number of aliphatic hydroxyl groups is 1. The van der Waals surface area contributed by atoms with Crippen molar-refractivity contribution in [2.75, 3.05) is 113 Å². The molecule has 0 unspecified atom stereocenters. The fourth-order valence-electron chi connectivity index (χ4n) is 23.4. The van der Waals surface area contributed by atoms with E-state index >= 15 is 0 Å². The average molecular weight is 1970 g/mol. The van der Waals surface area contributed by atoms with Crippen LogP contribution in [0.25, 0.3) is 0 Å². The molecule has 135 heavy (non-hydrogen) atoms. The Hall–Kier alpha value is -8.02. The predicted molar refractivity (Wildman–Crippen MR) is 536 cm³/mol. The van der Waals surface area contributed by atoms with Gasteiger partial charge in [0.25, 0.3) is 17.7 Å². The Labute approximate surface area is 815 Å². The van der Waals surface area contributed by atoms with Gasteiger partial charge in [0, 0.05) is 113 Å². The molecule has 0 aromatic heterocycles. The van der Waals surface area contributed by atoms with Crippen LogP contribution in [0.5, 0.6) is 17.2 Å². The first-order valence-electron chi connectivity index (χ1n) is 48.2. The van der Waals surface area contributed by atoms with Gasteiger partial charge in [-0.3, -0.25) is 24.1 Å². The molecule has 7 aliphatic heterocycles. The third-order valence-electron chi connectivity index (χ3n) is 32.6. The van der Waals surface area contributed by atoms with Crippen LogP contribution in [0.2, 0.25) is 15.1 Å². The summed E-state index contributed by atoms with van der Waals surface area (Å²) in [6.07, 6.45) is 27.7. The largest absolute Gasteiger partial charge is 0.490 e. The molecule has 732 valence electrons. The van der Waals surface area contributed by atoms with E-state index < -0.39 is 74.7 Å². The zero-order chi connectivity index (χ0) is 93.9. The van der Waals surface area contributed by atoms with Crippen LogP contribution in [-0.2, 0) is 79.8 Å². The first-order valence-corrected chi connectivity index (χ1v) is 54.0. The van der Waals surface area contributed by atoms with Crippen molar-refractivity contribution in [3.8, 4) is 17.2 Å². The second-order valence-corrected chi connectivity index (χ2v) is 48.6. The smallest absolute Gasteiger partial charge is 0.264 e. The minimum Gasteiger partial charge on any atom is -0.490 e. The molecule has 7 heterocycles. The van der Waals surface area contributed by atoms with Crippen molar-refractivity contribution in [3.05, 3.63) is 211 Å². The van der Waals surface area contributed by atoms with E-state index in [0.29, 0.717) is 101 Å². The molecule has 6 bridgehead atoms. The standard InChI is InChI=1S/C39H52ClN3O6S.C33H41ClN2O5S.C32H37ClN2O5S.2CH4/c1-27-6-4-14-38(3,49-21-18-42-16-19-47-20-17-42)33-11-8-31(33)24-43-25-39(15-5-7-29-22-32(40)10-12-34(29)39)26-48-36-13-9-30(23-35(36)43)37(44)41-50(45,46)28(27)2;1-21-6-4-14-32(3,38)27-11-8-25(27)18-36-19-33(15-5-7-23-16-26(34)10-12-28(23)33)20-41-30-13-9-24(17-29(30)36)31(37)35-42(39,40)22(21)2;1-20-5-3-7-29(36)26-11-8-24(26)17-35-18-32(14-4-6-22-15-25(33)10-12-27(22)32)19-40-30-13-9-23(16-28(30)35)31(37)34-41(38,39)21(20)2;;/h4,9-10,12-14,22-23,27-28,31,33H,5-8,11,15-21,24-26H2,1-3H3,(H,41,44);4,9-10,12-14,16-17,21-22,25,27,38H,5-8,11,15,18-20H2,1-3H3,(H,35,37);3,7,9-10,12-13,15-16,20-21,24,26H,4-6,8,11,14,17-19H2,1-2H3,(H,34,37);2*1H4/b2*14-4+;7-3+;;/t27-,28+,31-,33+,38-,39-;21-,22+,25-,27+,32-,33-;20-,21+,24-,26+,32-;;/m000../s1. The molecule has 13 aliphatic rings. The second kappa shape index (κ2) is 41.0. The average Bonchev–Trinajstić information content (AvgIpc) is 1.64. The van der Waals surface area contributed by atoms with Crippen LogP contribution < -0.4 is 43.1 Å². The van der Waals surface area contributed by atoms with Crippen LogP contribution >= 0.6 is 34.8 Å². The lowest BCUT2D eigenvalue weighted by atomic mass is 9.64. The van der Waals surface area contributed by atoms with Crippen molar-refractivity contribution in [1.82, 2.24) is 19.1 Å². The maximum Gasteiger partial charge on any atom is 0.264 e. The number of nitrogens with one attached hydrogen (secondary N) is 3. The van der Waals surface area contributed by atoms with Gasteiger partial charge >= 0.3 is 0 Å². The summed E-state index contributed by atoms with van der Waals surface area (Å²) in [4.78, 5) is 62.8. The number of hydrogen-bond donors (Lipinski definition) is 4. The van der Waals surface area contributed by atoms with E-state index in [2.05, 4.69) is 89.2 Å². The topological polar surface area (TPSA) is 286 Å². The van der Waals surface area contributed by atoms with Crippen molar-refractivity contribution in [2.45, 2.75) is 229 Å². The van der Waals surface area contributed by atoms with Gasteiger partial charge in [-0.2, -0.15) is 0 Å². The van der Waals surface area contributed by atoms with Gasteiger partial charge in [-0.1, -0.05) is 119 Å². The first-order chi connectivity index (χ1) is 63.4. The second-order valence-electron chi connectivity index (χ2n) is 41.2. The number of ether oxygens (including phenoxy) is 5. The molecule has 23 nitrogen and oxygen atoms in total. The lowest BCUT2D eigenvalue weighted by molar-refractivity contribution is -0.122. The number of aryl methyl sites for hydroxylation is 3. The lowest BCUT2D eigenvalue weighted by Gasteiger charge is -2.50. The summed E-state index contributed by atoms with van der Waals surface area (Å²) < 4.78 is 119. The van der Waals surface area contributed by atoms with Crippen LogP contribution in [0.3, 0.4) is 0 Å². The van der Waals surface area contributed by atoms with Gasteiger partial charge in [0.2, 0.25) is 30.1 Å². The van der Waals surface area contributed by atoms with Crippen LogP contribution in [0, 0.1) is 53.3 Å². The fraction of sp³-hybridized carbons (Fsp3) is 0.566. The Morgan fingerprint density at radius 2 is 0.830 bits per heavy atom. The van der Waals surface area contributed by atoms with Crippen LogP contribution in [0.1, 0.15) is 231 Å². The summed E-state index contributed by atoms with van der Waals surface area (Å²) in [5.41, 5.74) is 8.44. The van der Waals surface area contributed by atoms with Crippen LogP contribution in [0.4, 0.5) is 17.1 Å². The highest BCUT2D eigenvalue weighted by molar-refractivity contribution is 7.91. The number of morpholine rings is 1. The van der Waals surface area contributed by atoms with Gasteiger partial charge < -0.3 is 43.5 Å². The molecule has 19 rings (SSSR count). The summed E-state index contributed by atoms with van der Waals surface area (Å²) in [5, 5.41) is 11.4. The van der Waals surface area contributed by atoms with Crippen molar-refractivity contribution < 1.29 is 73.2 Å². The molecule has 3 amide bonds. The molecular formula is C106H138Cl3N7O16S3. The summed E-state index contributed by atoms with van der Waals surface area (Å²) in [7, 11) is -11.8. The van der Waals surface area contributed by atoms with Gasteiger partial charge in [-0.15, -0.1) is 0 Å². The number of carbonyl (C=O) groups is 4. The number of rotatable bonds is 4. The van der Waals surface area contributed by atoms with Gasteiger partial charge in [-0.05, 0) is 328 Å². The Bertz CT molecular complexity index is 5870. The minimum atomic E-state index is -3.94. The Kier molecular flexibility index (Phi) is 30.8. The summed E-state index contributed by atoms with van der Waals surface area (Å²) in [6, 6.07) is 34.3. The van der Waals surface area contributed by atoms with E-state index in [0.717, 1.165) is 174 Å². The summed E-state index contributed by atoms with van der Waals surface area (Å²) in [6.45, 7) is 25.1. The van der Waals surface area contributed by atoms with Crippen molar-refractivity contribution in [2.24, 2.45) is 53.3 Å². The summed E-state index contributed by atoms with van der Waals surface area (Å²) in [5.74, 6) is 0.613. The SMILES string of the molecule is C.C.C[C@@H]1[C@@H](C)C/C=C/C(=O)[C@@H]2CC[C@H]2CN2C[C@@]3(CCCc4cc(Cl)ccc43)COc3ccc(cc32)C(=O)NS1(=O)=O.C[C@@H]1[C@@H](C)C/C=C/[C@](C)(O)[C@@H]2CC[C@H]2CN2C[C@@]3(CCCc4cc(Cl)ccc43)COc3ccc(cc32)C(=O)NS1(=O)=O.C[C@@H]1[C@@H](C)C/C=C/[C@](C)(OCCN2CCOCC2)[C@@H]2CC[C@H]2CN2C[C@@]3(CCCc4cc(Cl)ccc43)COc3ccc(cc32)C(=O)NS1(=O)=O. The normalized spacial score (nSPS) is 33.1. The number of carbonyl (C=O) groups excluding carboxylic acids is 4. The van der Waals surface area contributed by atoms with E-state index in [1.54, 1.807) is 75.4 Å². The number of allylic oxidation sites excluding steroid dienone is 4. The third kappa shape index (κ3) is 21.4. The van der Waals surface area contributed by atoms with E-state index in [4.69, 9.17) is 58.5 Å². The van der Waals surface area contributed by atoms with Gasteiger partial charge in [-0.25, -0.2) is 39.4 Å². The lowest BCUT2D eigenvalue weighted by Crippen LogP contribution is -2.52. The zero-order valence-corrected chi connectivity index (χ0v) is 82.6. The van der Waals surface area contributed by atoms with Gasteiger partial charge in [0.1, 0.15) is 17.2 Å². The van der Waals surface area contributed by atoms with Crippen LogP contribution in [-0.4, -0.2) is 184 Å². The molecular weight excluding hydrogens is 1830 g/mol. The molecule has 29 heteroatoms. The molecule has 1 saturated heterocycles. The molecule has 4 fully saturated rings. The molecule has 6 aliphatic carbocycles. The molecule has 0 radical (unpaired) electrons. The number of sulfonamides is 3. The molecule has 17 atom stereocenters. The maximum absolute atomic E-state index is 13.6.